The van der Waals surface area contributed by atoms with Crippen LogP contribution in [0.3, 0.4) is 0 Å². The molecule has 5 nitrogen and oxygen atoms in total. The summed E-state index contributed by atoms with van der Waals surface area (Å²) in [7, 11) is 3.08. The lowest BCUT2D eigenvalue weighted by Gasteiger charge is -2.10. The van der Waals surface area contributed by atoms with Crippen LogP contribution >= 0.6 is 0 Å². The highest BCUT2D eigenvalue weighted by atomic mass is 16.5. The van der Waals surface area contributed by atoms with E-state index in [0.717, 1.165) is 0 Å². The number of carbonyl (C=O) groups excluding carboxylic acids is 1. The van der Waals surface area contributed by atoms with Crippen molar-refractivity contribution in [3.05, 3.63) is 11.4 Å². The van der Waals surface area contributed by atoms with Gasteiger partial charge in [0.2, 0.25) is 0 Å². The van der Waals surface area contributed by atoms with Crippen LogP contribution in [0.25, 0.3) is 0 Å². The molecule has 0 aromatic rings. The van der Waals surface area contributed by atoms with E-state index >= 15 is 0 Å². The standard InChI is InChI=1S/C6H11N3O2/c1-9-5(7)4(3-8-9)6(10)11-2/h8H,3,7H2,1-2H3. The van der Waals surface area contributed by atoms with Crippen molar-refractivity contribution in [1.29, 1.82) is 0 Å². The summed E-state index contributed by atoms with van der Waals surface area (Å²) in [5.41, 5.74) is 8.89. The zero-order valence-corrected chi connectivity index (χ0v) is 6.55. The van der Waals surface area contributed by atoms with Crippen LogP contribution in [0, 0.1) is 0 Å². The molecule has 1 aliphatic rings. The smallest absolute Gasteiger partial charge is 0.338 e. The number of esters is 1. The number of hydrogen-bond acceptors (Lipinski definition) is 5. The Morgan fingerprint density at radius 1 is 1.82 bits per heavy atom. The molecule has 62 valence electrons. The van der Waals surface area contributed by atoms with Crippen molar-refractivity contribution in [3.8, 4) is 0 Å². The Balaban J connectivity index is 2.79. The van der Waals surface area contributed by atoms with Gasteiger partial charge in [0.05, 0.1) is 19.2 Å². The van der Waals surface area contributed by atoms with E-state index in [4.69, 9.17) is 5.73 Å². The lowest BCUT2D eigenvalue weighted by atomic mass is 10.3. The van der Waals surface area contributed by atoms with Gasteiger partial charge in [-0.1, -0.05) is 0 Å². The van der Waals surface area contributed by atoms with E-state index in [0.29, 0.717) is 17.9 Å². The highest BCUT2D eigenvalue weighted by Crippen LogP contribution is 2.08. The largest absolute Gasteiger partial charge is 0.466 e. The van der Waals surface area contributed by atoms with Gasteiger partial charge in [-0.25, -0.2) is 10.2 Å². The van der Waals surface area contributed by atoms with Crippen molar-refractivity contribution >= 4 is 5.97 Å². The van der Waals surface area contributed by atoms with Gasteiger partial charge in [-0.3, -0.25) is 5.01 Å². The van der Waals surface area contributed by atoms with Gasteiger partial charge in [-0.15, -0.1) is 0 Å². The van der Waals surface area contributed by atoms with E-state index in [1.54, 1.807) is 12.1 Å². The molecule has 5 heteroatoms. The number of nitrogens with zero attached hydrogens (tertiary/aromatic N) is 1. The highest BCUT2D eigenvalue weighted by Gasteiger charge is 2.22. The van der Waals surface area contributed by atoms with Gasteiger partial charge in [-0.2, -0.15) is 0 Å². The number of rotatable bonds is 1. The Labute approximate surface area is 64.8 Å². The second-order valence-electron chi connectivity index (χ2n) is 2.25. The van der Waals surface area contributed by atoms with Crippen molar-refractivity contribution in [2.24, 2.45) is 5.73 Å². The molecule has 0 saturated heterocycles. The van der Waals surface area contributed by atoms with Crippen LogP contribution in [0.15, 0.2) is 11.4 Å². The quantitative estimate of drug-likeness (QED) is 0.467. The Morgan fingerprint density at radius 2 is 2.45 bits per heavy atom. The second kappa shape index (κ2) is 2.79. The summed E-state index contributed by atoms with van der Waals surface area (Å²) in [6.45, 7) is 0.439. The van der Waals surface area contributed by atoms with Gasteiger partial charge < -0.3 is 10.5 Å². The first kappa shape index (κ1) is 7.87. The summed E-state index contributed by atoms with van der Waals surface area (Å²) in [5, 5.41) is 1.59. The Morgan fingerprint density at radius 3 is 2.82 bits per heavy atom. The zero-order chi connectivity index (χ0) is 8.43. The molecule has 0 spiro atoms. The molecule has 0 saturated carbocycles. The Hall–Kier alpha value is -1.23. The molecule has 0 atom stereocenters. The van der Waals surface area contributed by atoms with Crippen LogP contribution in [-0.4, -0.2) is 31.7 Å². The number of nitrogens with one attached hydrogen (secondary N) is 1. The molecule has 0 aromatic carbocycles. The minimum Gasteiger partial charge on any atom is -0.466 e. The van der Waals surface area contributed by atoms with Crippen LogP contribution in [0.4, 0.5) is 0 Å². The summed E-state index contributed by atoms with van der Waals surface area (Å²) in [6.07, 6.45) is 0. The number of hydrazine groups is 1. The first-order valence-corrected chi connectivity index (χ1v) is 3.21. The molecule has 0 aliphatic carbocycles. The average molecular weight is 157 g/mol. The van der Waals surface area contributed by atoms with Crippen molar-refractivity contribution < 1.29 is 9.53 Å². The third-order valence-corrected chi connectivity index (χ3v) is 1.60. The second-order valence-corrected chi connectivity index (χ2v) is 2.25. The maximum Gasteiger partial charge on any atom is 0.338 e. The number of hydrogen-bond donors (Lipinski definition) is 2. The van der Waals surface area contributed by atoms with Gasteiger partial charge in [0.1, 0.15) is 5.82 Å². The van der Waals surface area contributed by atoms with Crippen LogP contribution in [0.2, 0.25) is 0 Å². The number of nitrogens with two attached hydrogens (primary N) is 1. The SMILES string of the molecule is COC(=O)C1=C(N)N(C)NC1. The monoisotopic (exact) mass is 157 g/mol. The summed E-state index contributed by atoms with van der Waals surface area (Å²) in [5.74, 6) is 0.0520. The van der Waals surface area contributed by atoms with Crippen molar-refractivity contribution in [2.75, 3.05) is 20.7 Å². The van der Waals surface area contributed by atoms with Crippen molar-refractivity contribution in [1.82, 2.24) is 10.4 Å². The van der Waals surface area contributed by atoms with Gasteiger partial charge in [0, 0.05) is 7.05 Å². The van der Waals surface area contributed by atoms with E-state index in [1.165, 1.54) is 7.11 Å². The molecule has 0 bridgehead atoms. The molecule has 1 aliphatic heterocycles. The molecule has 3 N–H and O–H groups in total. The molecule has 11 heavy (non-hydrogen) atoms. The molecule has 0 fully saturated rings. The van der Waals surface area contributed by atoms with Crippen LogP contribution in [0.5, 0.6) is 0 Å². The predicted molar refractivity (Wildman–Crippen MR) is 39.0 cm³/mol. The van der Waals surface area contributed by atoms with E-state index in [2.05, 4.69) is 10.2 Å². The lowest BCUT2D eigenvalue weighted by Crippen LogP contribution is -2.30. The fraction of sp³-hybridized carbons (Fsp3) is 0.500. The molecule has 1 heterocycles. The average Bonchev–Trinajstić information content (AvgIpc) is 2.32. The molecule has 0 radical (unpaired) electrons. The minimum absolute atomic E-state index is 0.376. The summed E-state index contributed by atoms with van der Waals surface area (Å²) in [6, 6.07) is 0. The fourth-order valence-electron chi connectivity index (χ4n) is 0.876. The maximum absolute atomic E-state index is 10.9. The summed E-state index contributed by atoms with van der Waals surface area (Å²) >= 11 is 0. The first-order valence-electron chi connectivity index (χ1n) is 3.21. The van der Waals surface area contributed by atoms with Crippen molar-refractivity contribution in [3.63, 3.8) is 0 Å². The van der Waals surface area contributed by atoms with Crippen LogP contribution in [-0.2, 0) is 9.53 Å². The lowest BCUT2D eigenvalue weighted by molar-refractivity contribution is -0.136. The number of methoxy groups -OCH3 is 1. The first-order chi connectivity index (χ1) is 5.16. The topological polar surface area (TPSA) is 67.6 Å². The zero-order valence-electron chi connectivity index (χ0n) is 6.55. The van der Waals surface area contributed by atoms with Crippen molar-refractivity contribution in [2.45, 2.75) is 0 Å². The number of ether oxygens (including phenoxy) is 1. The van der Waals surface area contributed by atoms with Gasteiger partial charge in [0.15, 0.2) is 0 Å². The fourth-order valence-corrected chi connectivity index (χ4v) is 0.876. The third kappa shape index (κ3) is 1.27. The summed E-state index contributed by atoms with van der Waals surface area (Å²) < 4.78 is 4.51. The molecule has 0 aromatic heterocycles. The normalized spacial score (nSPS) is 17.5. The van der Waals surface area contributed by atoms with E-state index in [9.17, 15) is 4.79 Å². The predicted octanol–water partition coefficient (Wildman–Crippen LogP) is -1.22. The molecular weight excluding hydrogens is 146 g/mol. The van der Waals surface area contributed by atoms with Gasteiger partial charge >= 0.3 is 5.97 Å². The minimum atomic E-state index is -0.376. The molecule has 1 rings (SSSR count). The summed E-state index contributed by atoms with van der Waals surface area (Å²) in [4.78, 5) is 10.9. The van der Waals surface area contributed by atoms with E-state index < -0.39 is 0 Å². The van der Waals surface area contributed by atoms with E-state index in [-0.39, 0.29) is 5.97 Å². The van der Waals surface area contributed by atoms with Crippen LogP contribution < -0.4 is 11.2 Å². The number of carbonyl (C=O) groups is 1. The van der Waals surface area contributed by atoms with E-state index in [1.807, 2.05) is 0 Å². The van der Waals surface area contributed by atoms with Gasteiger partial charge in [-0.05, 0) is 0 Å². The van der Waals surface area contributed by atoms with Gasteiger partial charge in [0.25, 0.3) is 0 Å². The molecule has 0 amide bonds. The maximum atomic E-state index is 10.9. The highest BCUT2D eigenvalue weighted by molar-refractivity contribution is 5.89. The third-order valence-electron chi connectivity index (χ3n) is 1.60. The molecular formula is C6H11N3O2. The van der Waals surface area contributed by atoms with Crippen LogP contribution in [0.1, 0.15) is 0 Å². The Kier molecular flexibility index (Phi) is 2.00. The molecule has 0 unspecified atom stereocenters. The Bertz CT molecular complexity index is 212.